The molecule has 0 radical (unpaired) electrons. The number of nitrogens with zero attached hydrogens (tertiary/aromatic N) is 3. The number of likely N-dealkylation sites (N-methyl/N-ethyl adjacent to an activating group) is 1. The van der Waals surface area contributed by atoms with E-state index in [2.05, 4.69) is 22.2 Å². The Bertz CT molecular complexity index is 313. The van der Waals surface area contributed by atoms with Crippen LogP contribution in [0.25, 0.3) is 0 Å². The van der Waals surface area contributed by atoms with Crippen molar-refractivity contribution in [1.82, 2.24) is 20.0 Å². The monoisotopic (exact) mass is 266 g/mol. The molecule has 108 valence electrons. The summed E-state index contributed by atoms with van der Waals surface area (Å²) in [6, 6.07) is 0.633. The summed E-state index contributed by atoms with van der Waals surface area (Å²) in [5, 5.41) is 3.60. The van der Waals surface area contributed by atoms with Crippen LogP contribution < -0.4 is 5.32 Å². The van der Waals surface area contributed by atoms with Gasteiger partial charge in [0.25, 0.3) is 0 Å². The minimum atomic E-state index is 0.326. The van der Waals surface area contributed by atoms with Gasteiger partial charge in [-0.05, 0) is 32.4 Å². The highest BCUT2D eigenvalue weighted by Gasteiger charge is 2.35. The van der Waals surface area contributed by atoms with Gasteiger partial charge >= 0.3 is 0 Å². The third-order valence-electron chi connectivity index (χ3n) is 4.89. The number of rotatable bonds is 2. The Hall–Kier alpha value is -0.650. The first-order valence-corrected chi connectivity index (χ1v) is 7.64. The van der Waals surface area contributed by atoms with Crippen LogP contribution in [0.4, 0.5) is 0 Å². The maximum absolute atomic E-state index is 12.3. The molecule has 1 amide bonds. The van der Waals surface area contributed by atoms with E-state index in [1.807, 2.05) is 4.90 Å². The standard InChI is InChI=1S/C14H26N4O/c1-16-5-7-18(8-6-16)14(19)11-17-9-12-3-2-4-15-13(12)10-17/h12-13,15H,2-11H2,1H3. The summed E-state index contributed by atoms with van der Waals surface area (Å²) in [5.41, 5.74) is 0. The molecule has 19 heavy (non-hydrogen) atoms. The van der Waals surface area contributed by atoms with Crippen LogP contribution in [0.5, 0.6) is 0 Å². The zero-order chi connectivity index (χ0) is 13.2. The van der Waals surface area contributed by atoms with E-state index in [1.165, 1.54) is 12.8 Å². The van der Waals surface area contributed by atoms with Gasteiger partial charge in [-0.3, -0.25) is 9.69 Å². The molecule has 3 aliphatic heterocycles. The fourth-order valence-electron chi connectivity index (χ4n) is 3.61. The van der Waals surface area contributed by atoms with Gasteiger partial charge in [0.1, 0.15) is 0 Å². The molecule has 0 spiro atoms. The molecule has 0 saturated carbocycles. The lowest BCUT2D eigenvalue weighted by Crippen LogP contribution is -2.50. The number of fused-ring (bicyclic) bond motifs is 1. The molecule has 0 aromatic heterocycles. The molecule has 0 aliphatic carbocycles. The number of hydrogen-bond donors (Lipinski definition) is 1. The van der Waals surface area contributed by atoms with Crippen LogP contribution in [0.2, 0.25) is 0 Å². The van der Waals surface area contributed by atoms with E-state index in [-0.39, 0.29) is 0 Å². The number of piperidine rings is 1. The van der Waals surface area contributed by atoms with Crippen molar-refractivity contribution >= 4 is 5.91 Å². The second-order valence-corrected chi connectivity index (χ2v) is 6.34. The van der Waals surface area contributed by atoms with Gasteiger partial charge < -0.3 is 15.1 Å². The van der Waals surface area contributed by atoms with Gasteiger partial charge in [-0.25, -0.2) is 0 Å². The SMILES string of the molecule is CN1CCN(C(=O)CN2CC3CCCNC3C2)CC1. The number of piperazine rings is 1. The zero-order valence-corrected chi connectivity index (χ0v) is 12.0. The largest absolute Gasteiger partial charge is 0.339 e. The number of carbonyl (C=O) groups excluding carboxylic acids is 1. The minimum absolute atomic E-state index is 0.326. The first kappa shape index (κ1) is 13.3. The quantitative estimate of drug-likeness (QED) is 0.727. The van der Waals surface area contributed by atoms with Gasteiger partial charge in [0.05, 0.1) is 6.54 Å². The van der Waals surface area contributed by atoms with Crippen molar-refractivity contribution < 1.29 is 4.79 Å². The lowest BCUT2D eigenvalue weighted by atomic mass is 9.94. The van der Waals surface area contributed by atoms with Crippen molar-refractivity contribution in [1.29, 1.82) is 0 Å². The average molecular weight is 266 g/mol. The number of carbonyl (C=O) groups is 1. The molecule has 2 unspecified atom stereocenters. The number of nitrogens with one attached hydrogen (secondary N) is 1. The van der Waals surface area contributed by atoms with Crippen LogP contribution in [0.3, 0.4) is 0 Å². The minimum Gasteiger partial charge on any atom is -0.339 e. The van der Waals surface area contributed by atoms with Gasteiger partial charge in [0.15, 0.2) is 0 Å². The van der Waals surface area contributed by atoms with E-state index < -0.39 is 0 Å². The van der Waals surface area contributed by atoms with E-state index in [1.54, 1.807) is 0 Å². The number of hydrogen-bond acceptors (Lipinski definition) is 4. The molecule has 3 saturated heterocycles. The summed E-state index contributed by atoms with van der Waals surface area (Å²) in [4.78, 5) is 19.0. The van der Waals surface area contributed by atoms with Gasteiger partial charge in [-0.15, -0.1) is 0 Å². The number of amides is 1. The molecule has 3 heterocycles. The summed E-state index contributed by atoms with van der Waals surface area (Å²) in [5.74, 6) is 1.10. The van der Waals surface area contributed by atoms with Crippen molar-refractivity contribution in [2.75, 3.05) is 59.4 Å². The topological polar surface area (TPSA) is 38.8 Å². The molecule has 3 rings (SSSR count). The van der Waals surface area contributed by atoms with E-state index in [0.29, 0.717) is 18.5 Å². The highest BCUT2D eigenvalue weighted by atomic mass is 16.2. The van der Waals surface area contributed by atoms with E-state index in [9.17, 15) is 4.79 Å². The lowest BCUT2D eigenvalue weighted by Gasteiger charge is -2.33. The van der Waals surface area contributed by atoms with Crippen LogP contribution >= 0.6 is 0 Å². The fraction of sp³-hybridized carbons (Fsp3) is 0.929. The summed E-state index contributed by atoms with van der Waals surface area (Å²) in [7, 11) is 2.12. The molecule has 2 atom stereocenters. The van der Waals surface area contributed by atoms with Crippen molar-refractivity contribution in [3.05, 3.63) is 0 Å². The second-order valence-electron chi connectivity index (χ2n) is 6.34. The Morgan fingerprint density at radius 2 is 2.00 bits per heavy atom. The zero-order valence-electron chi connectivity index (χ0n) is 12.0. The van der Waals surface area contributed by atoms with Gasteiger partial charge in [-0.1, -0.05) is 0 Å². The van der Waals surface area contributed by atoms with Gasteiger partial charge in [0.2, 0.25) is 5.91 Å². The first-order valence-electron chi connectivity index (χ1n) is 7.64. The van der Waals surface area contributed by atoms with Crippen molar-refractivity contribution in [3.8, 4) is 0 Å². The average Bonchev–Trinajstić information content (AvgIpc) is 2.81. The van der Waals surface area contributed by atoms with Gasteiger partial charge in [0, 0.05) is 45.3 Å². The van der Waals surface area contributed by atoms with Crippen molar-refractivity contribution in [2.24, 2.45) is 5.92 Å². The highest BCUT2D eigenvalue weighted by Crippen LogP contribution is 2.24. The van der Waals surface area contributed by atoms with Crippen LogP contribution in [0.15, 0.2) is 0 Å². The molecule has 0 aromatic carbocycles. The van der Waals surface area contributed by atoms with E-state index in [4.69, 9.17) is 0 Å². The van der Waals surface area contributed by atoms with Crippen LogP contribution in [-0.4, -0.2) is 86.1 Å². The summed E-state index contributed by atoms with van der Waals surface area (Å²) in [6.45, 7) is 7.76. The van der Waals surface area contributed by atoms with E-state index in [0.717, 1.165) is 51.7 Å². The fourth-order valence-corrected chi connectivity index (χ4v) is 3.61. The molecule has 3 fully saturated rings. The van der Waals surface area contributed by atoms with Crippen LogP contribution in [0, 0.1) is 5.92 Å². The third-order valence-corrected chi connectivity index (χ3v) is 4.89. The third kappa shape index (κ3) is 3.09. The maximum Gasteiger partial charge on any atom is 0.236 e. The van der Waals surface area contributed by atoms with Crippen molar-refractivity contribution in [2.45, 2.75) is 18.9 Å². The molecule has 0 bridgehead atoms. The number of likely N-dealkylation sites (tertiary alicyclic amines) is 1. The first-order chi connectivity index (χ1) is 9.22. The van der Waals surface area contributed by atoms with Crippen molar-refractivity contribution in [3.63, 3.8) is 0 Å². The predicted octanol–water partition coefficient (Wildman–Crippen LogP) is -0.556. The Kier molecular flexibility index (Phi) is 4.05. The predicted molar refractivity (Wildman–Crippen MR) is 75.0 cm³/mol. The highest BCUT2D eigenvalue weighted by molar-refractivity contribution is 5.78. The molecule has 3 aliphatic rings. The second kappa shape index (κ2) is 5.77. The lowest BCUT2D eigenvalue weighted by molar-refractivity contribution is -0.133. The Morgan fingerprint density at radius 3 is 2.74 bits per heavy atom. The molecule has 5 heteroatoms. The normalized spacial score (nSPS) is 33.4. The van der Waals surface area contributed by atoms with Crippen LogP contribution in [-0.2, 0) is 4.79 Å². The maximum atomic E-state index is 12.3. The molecule has 1 N–H and O–H groups in total. The molecule has 5 nitrogen and oxygen atoms in total. The Morgan fingerprint density at radius 1 is 1.21 bits per heavy atom. The van der Waals surface area contributed by atoms with Crippen LogP contribution in [0.1, 0.15) is 12.8 Å². The Labute approximate surface area is 115 Å². The summed E-state index contributed by atoms with van der Waals surface area (Å²) >= 11 is 0. The molecular weight excluding hydrogens is 240 g/mol. The van der Waals surface area contributed by atoms with E-state index >= 15 is 0 Å². The summed E-state index contributed by atoms with van der Waals surface area (Å²) in [6.07, 6.45) is 2.62. The van der Waals surface area contributed by atoms with Gasteiger partial charge in [-0.2, -0.15) is 0 Å². The Balaban J connectivity index is 1.47. The molecule has 0 aromatic rings. The summed E-state index contributed by atoms with van der Waals surface area (Å²) < 4.78 is 0. The molecular formula is C14H26N4O. The smallest absolute Gasteiger partial charge is 0.236 e.